The van der Waals surface area contributed by atoms with Gasteiger partial charge >= 0.3 is 11.9 Å². The number of hydrogen-bond acceptors (Lipinski definition) is 10. The second kappa shape index (κ2) is 9.11. The van der Waals surface area contributed by atoms with Crippen molar-refractivity contribution in [2.24, 2.45) is 0 Å². The first-order valence-electron chi connectivity index (χ1n) is 6.86. The zero-order valence-electron chi connectivity index (χ0n) is 13.1. The fourth-order valence-electron chi connectivity index (χ4n) is 2.22. The van der Waals surface area contributed by atoms with Crippen molar-refractivity contribution >= 4 is 11.9 Å². The molecule has 10 heteroatoms. The molecule has 3 N–H and O–H groups in total. The van der Waals surface area contributed by atoms with E-state index in [2.05, 4.69) is 9.47 Å². The third kappa shape index (κ3) is 5.37. The molecule has 0 spiro atoms. The molecule has 23 heavy (non-hydrogen) atoms. The summed E-state index contributed by atoms with van der Waals surface area (Å²) in [6, 6.07) is 0. The van der Waals surface area contributed by atoms with Gasteiger partial charge in [-0.05, 0) is 0 Å². The third-order valence-corrected chi connectivity index (χ3v) is 3.34. The number of ether oxygens (including phenoxy) is 5. The SMILES string of the molecule is COC1C(O)C(O)C(OCOC(C)=O)C(OCOC(C)=O)C1O. The second-order valence-electron chi connectivity index (χ2n) is 4.94. The largest absolute Gasteiger partial charge is 0.439 e. The van der Waals surface area contributed by atoms with Crippen LogP contribution < -0.4 is 0 Å². The van der Waals surface area contributed by atoms with Gasteiger partial charge in [-0.1, -0.05) is 0 Å². The quantitative estimate of drug-likeness (QED) is 0.349. The molecule has 0 bridgehead atoms. The summed E-state index contributed by atoms with van der Waals surface area (Å²) < 4.78 is 24.6. The molecular formula is C13H22O10. The molecule has 0 saturated heterocycles. The first-order valence-corrected chi connectivity index (χ1v) is 6.86. The normalized spacial score (nSPS) is 34.0. The zero-order valence-corrected chi connectivity index (χ0v) is 13.1. The van der Waals surface area contributed by atoms with Crippen LogP contribution in [0, 0.1) is 0 Å². The van der Waals surface area contributed by atoms with E-state index in [0.717, 1.165) is 0 Å². The number of esters is 2. The van der Waals surface area contributed by atoms with Crippen LogP contribution >= 0.6 is 0 Å². The molecule has 0 radical (unpaired) electrons. The van der Waals surface area contributed by atoms with Crippen LogP contribution in [0.3, 0.4) is 0 Å². The Labute approximate surface area is 132 Å². The number of aliphatic hydroxyl groups excluding tert-OH is 3. The van der Waals surface area contributed by atoms with Gasteiger partial charge in [0.15, 0.2) is 13.6 Å². The minimum Gasteiger partial charge on any atom is -0.439 e. The average Bonchev–Trinajstić information content (AvgIpc) is 2.47. The van der Waals surface area contributed by atoms with Gasteiger partial charge in [0.25, 0.3) is 0 Å². The Balaban J connectivity index is 2.80. The lowest BCUT2D eigenvalue weighted by atomic mass is 9.84. The van der Waals surface area contributed by atoms with Gasteiger partial charge in [0, 0.05) is 21.0 Å². The molecule has 0 aromatic heterocycles. The monoisotopic (exact) mass is 338 g/mol. The molecule has 0 heterocycles. The van der Waals surface area contributed by atoms with Crippen molar-refractivity contribution in [2.75, 3.05) is 20.7 Å². The summed E-state index contributed by atoms with van der Waals surface area (Å²) in [4.78, 5) is 21.5. The molecule has 0 aromatic rings. The Morgan fingerprint density at radius 2 is 1.17 bits per heavy atom. The maximum Gasteiger partial charge on any atom is 0.304 e. The summed E-state index contributed by atoms with van der Waals surface area (Å²) in [6.45, 7) is 1.33. The van der Waals surface area contributed by atoms with Crippen LogP contribution in [0.15, 0.2) is 0 Å². The summed E-state index contributed by atoms with van der Waals surface area (Å²) in [5, 5.41) is 30.3. The highest BCUT2D eigenvalue weighted by Gasteiger charge is 2.51. The smallest absolute Gasteiger partial charge is 0.304 e. The number of aliphatic hydroxyl groups is 3. The first kappa shape index (κ1) is 19.7. The Bertz CT molecular complexity index is 400. The van der Waals surface area contributed by atoms with Crippen molar-refractivity contribution in [3.05, 3.63) is 0 Å². The van der Waals surface area contributed by atoms with Gasteiger partial charge in [0.2, 0.25) is 0 Å². The van der Waals surface area contributed by atoms with E-state index < -0.39 is 62.1 Å². The predicted octanol–water partition coefficient (Wildman–Crippen LogP) is -2.09. The van der Waals surface area contributed by atoms with Gasteiger partial charge in [-0.25, -0.2) is 0 Å². The van der Waals surface area contributed by atoms with E-state index in [4.69, 9.17) is 14.2 Å². The van der Waals surface area contributed by atoms with E-state index in [1.807, 2.05) is 0 Å². The number of rotatable bonds is 7. The highest BCUT2D eigenvalue weighted by molar-refractivity contribution is 5.66. The average molecular weight is 338 g/mol. The lowest BCUT2D eigenvalue weighted by molar-refractivity contribution is -0.274. The van der Waals surface area contributed by atoms with Crippen molar-refractivity contribution in [1.29, 1.82) is 0 Å². The fourth-order valence-corrected chi connectivity index (χ4v) is 2.22. The van der Waals surface area contributed by atoms with Crippen LogP contribution in [-0.4, -0.2) is 84.6 Å². The lowest BCUT2D eigenvalue weighted by Gasteiger charge is -2.44. The van der Waals surface area contributed by atoms with E-state index in [1.165, 1.54) is 21.0 Å². The van der Waals surface area contributed by atoms with Crippen molar-refractivity contribution in [3.63, 3.8) is 0 Å². The van der Waals surface area contributed by atoms with Gasteiger partial charge in [-0.15, -0.1) is 0 Å². The summed E-state index contributed by atoms with van der Waals surface area (Å²) in [7, 11) is 1.24. The number of hydrogen-bond donors (Lipinski definition) is 3. The van der Waals surface area contributed by atoms with Gasteiger partial charge in [-0.2, -0.15) is 0 Å². The summed E-state index contributed by atoms with van der Waals surface area (Å²) >= 11 is 0. The second-order valence-corrected chi connectivity index (χ2v) is 4.94. The molecule has 1 saturated carbocycles. The zero-order chi connectivity index (χ0) is 17.6. The molecule has 1 fully saturated rings. The topological polar surface area (TPSA) is 141 Å². The first-order chi connectivity index (χ1) is 10.8. The van der Waals surface area contributed by atoms with Crippen molar-refractivity contribution < 1.29 is 48.6 Å². The molecule has 1 rings (SSSR count). The third-order valence-electron chi connectivity index (χ3n) is 3.34. The van der Waals surface area contributed by atoms with Gasteiger partial charge in [0.1, 0.15) is 36.6 Å². The Morgan fingerprint density at radius 3 is 1.57 bits per heavy atom. The van der Waals surface area contributed by atoms with Crippen molar-refractivity contribution in [2.45, 2.75) is 50.5 Å². The van der Waals surface area contributed by atoms with Crippen molar-refractivity contribution in [3.8, 4) is 0 Å². The van der Waals surface area contributed by atoms with Crippen LogP contribution in [0.5, 0.6) is 0 Å². The van der Waals surface area contributed by atoms with Crippen LogP contribution in [0.25, 0.3) is 0 Å². The minimum atomic E-state index is -1.48. The minimum absolute atomic E-state index is 0.496. The van der Waals surface area contributed by atoms with Crippen LogP contribution in [0.4, 0.5) is 0 Å². The molecule has 10 nitrogen and oxygen atoms in total. The van der Waals surface area contributed by atoms with E-state index in [1.54, 1.807) is 0 Å². The van der Waals surface area contributed by atoms with Gasteiger partial charge < -0.3 is 39.0 Å². The number of carbonyl (C=O) groups is 2. The molecule has 6 unspecified atom stereocenters. The molecule has 6 atom stereocenters. The van der Waals surface area contributed by atoms with Gasteiger partial charge in [-0.3, -0.25) is 9.59 Å². The van der Waals surface area contributed by atoms with E-state index in [-0.39, 0.29) is 0 Å². The van der Waals surface area contributed by atoms with Crippen LogP contribution in [0.2, 0.25) is 0 Å². The van der Waals surface area contributed by atoms with E-state index >= 15 is 0 Å². The number of methoxy groups -OCH3 is 1. The van der Waals surface area contributed by atoms with Crippen LogP contribution in [-0.2, 0) is 33.3 Å². The van der Waals surface area contributed by atoms with Gasteiger partial charge in [0.05, 0.1) is 0 Å². The highest BCUT2D eigenvalue weighted by Crippen LogP contribution is 2.27. The molecule has 0 aliphatic heterocycles. The number of carbonyl (C=O) groups excluding carboxylic acids is 2. The predicted molar refractivity (Wildman–Crippen MR) is 71.8 cm³/mol. The molecular weight excluding hydrogens is 316 g/mol. The lowest BCUT2D eigenvalue weighted by Crippen LogP contribution is -2.65. The maximum atomic E-state index is 10.8. The Morgan fingerprint density at radius 1 is 0.783 bits per heavy atom. The molecule has 134 valence electrons. The molecule has 0 aromatic carbocycles. The fraction of sp³-hybridized carbons (Fsp3) is 0.846. The summed E-state index contributed by atoms with van der Waals surface area (Å²) in [6.07, 6.45) is -7.88. The Kier molecular flexibility index (Phi) is 7.82. The molecule has 0 amide bonds. The summed E-state index contributed by atoms with van der Waals surface area (Å²) in [5.41, 5.74) is 0. The van der Waals surface area contributed by atoms with Crippen molar-refractivity contribution in [1.82, 2.24) is 0 Å². The van der Waals surface area contributed by atoms with Crippen LogP contribution in [0.1, 0.15) is 13.8 Å². The summed E-state index contributed by atoms with van der Waals surface area (Å²) in [5.74, 6) is -1.21. The van der Waals surface area contributed by atoms with E-state index in [0.29, 0.717) is 0 Å². The molecule has 1 aliphatic carbocycles. The molecule has 1 aliphatic rings. The Hall–Kier alpha value is -1.30. The standard InChI is InChI=1S/C13H22O10/c1-6(14)20-4-22-12-9(17)8(16)11(19-3)10(18)13(12)23-5-21-7(2)15/h8-13,16-18H,4-5H2,1-3H3. The van der Waals surface area contributed by atoms with E-state index in [9.17, 15) is 24.9 Å². The maximum absolute atomic E-state index is 10.8. The highest BCUT2D eigenvalue weighted by atomic mass is 16.7.